The predicted molar refractivity (Wildman–Crippen MR) is 108 cm³/mol. The summed E-state index contributed by atoms with van der Waals surface area (Å²) in [5, 5.41) is 3.49. The molecule has 5 nitrogen and oxygen atoms in total. The van der Waals surface area contributed by atoms with Gasteiger partial charge in [0.15, 0.2) is 5.82 Å². The Morgan fingerprint density at radius 3 is 2.67 bits per heavy atom. The van der Waals surface area contributed by atoms with Gasteiger partial charge in [0.1, 0.15) is 5.75 Å². The third-order valence-corrected chi connectivity index (χ3v) is 4.40. The molecule has 0 aliphatic carbocycles. The molecule has 0 fully saturated rings. The summed E-state index contributed by atoms with van der Waals surface area (Å²) >= 11 is 0. The number of para-hydroxylation sites is 1. The van der Waals surface area contributed by atoms with Crippen LogP contribution in [0.3, 0.4) is 0 Å². The molecule has 0 aliphatic heterocycles. The zero-order valence-corrected chi connectivity index (χ0v) is 15.9. The summed E-state index contributed by atoms with van der Waals surface area (Å²) in [6.45, 7) is 4.88. The molecule has 0 radical (unpaired) electrons. The summed E-state index contributed by atoms with van der Waals surface area (Å²) < 4.78 is 5.36. The number of methoxy groups -OCH3 is 1. The standard InChI is InChI=1S/C22H24N4O/c1-16(24-12-6-8-18-7-4-5-9-21(18)27-3)20-15-25-22(26-17(20)2)19-10-13-23-14-11-19/h4-11,13-16,24H,12H2,1-3H3/b8-6+. The van der Waals surface area contributed by atoms with E-state index in [1.165, 1.54) is 0 Å². The molecule has 3 aromatic rings. The van der Waals surface area contributed by atoms with E-state index in [9.17, 15) is 0 Å². The van der Waals surface area contributed by atoms with E-state index in [-0.39, 0.29) is 6.04 Å². The van der Waals surface area contributed by atoms with Gasteiger partial charge in [0.2, 0.25) is 0 Å². The Morgan fingerprint density at radius 2 is 1.93 bits per heavy atom. The Hall–Kier alpha value is -3.05. The van der Waals surface area contributed by atoms with Crippen molar-refractivity contribution in [2.75, 3.05) is 13.7 Å². The molecule has 3 rings (SSSR count). The van der Waals surface area contributed by atoms with Crippen molar-refractivity contribution in [3.8, 4) is 17.1 Å². The molecule has 1 atom stereocenters. The monoisotopic (exact) mass is 360 g/mol. The van der Waals surface area contributed by atoms with Crippen LogP contribution < -0.4 is 10.1 Å². The summed E-state index contributed by atoms with van der Waals surface area (Å²) in [6.07, 6.45) is 9.56. The second-order valence-corrected chi connectivity index (χ2v) is 6.24. The first-order chi connectivity index (χ1) is 13.2. The van der Waals surface area contributed by atoms with Crippen LogP contribution >= 0.6 is 0 Å². The predicted octanol–water partition coefficient (Wildman–Crippen LogP) is 4.22. The molecular weight excluding hydrogens is 336 g/mol. The Bertz CT molecular complexity index is 909. The second kappa shape index (κ2) is 9.05. The fourth-order valence-corrected chi connectivity index (χ4v) is 2.89. The van der Waals surface area contributed by atoms with Crippen LogP contribution in [0.4, 0.5) is 0 Å². The fraction of sp³-hybridized carbons (Fsp3) is 0.227. The van der Waals surface area contributed by atoms with Crippen molar-refractivity contribution < 1.29 is 4.74 Å². The van der Waals surface area contributed by atoms with Crippen LogP contribution in [0, 0.1) is 6.92 Å². The van der Waals surface area contributed by atoms with Gasteiger partial charge < -0.3 is 10.1 Å². The van der Waals surface area contributed by atoms with Gasteiger partial charge in [-0.15, -0.1) is 0 Å². The summed E-state index contributed by atoms with van der Waals surface area (Å²) in [5.41, 5.74) is 4.11. The van der Waals surface area contributed by atoms with Crippen molar-refractivity contribution in [1.29, 1.82) is 0 Å². The first-order valence-corrected chi connectivity index (χ1v) is 8.96. The van der Waals surface area contributed by atoms with Crippen LogP contribution in [0.5, 0.6) is 5.75 Å². The molecule has 27 heavy (non-hydrogen) atoms. The Balaban J connectivity index is 1.63. The summed E-state index contributed by atoms with van der Waals surface area (Å²) in [5.74, 6) is 1.60. The minimum Gasteiger partial charge on any atom is -0.496 e. The van der Waals surface area contributed by atoms with E-state index < -0.39 is 0 Å². The van der Waals surface area contributed by atoms with Crippen molar-refractivity contribution in [2.24, 2.45) is 0 Å². The van der Waals surface area contributed by atoms with E-state index in [1.54, 1.807) is 19.5 Å². The minimum absolute atomic E-state index is 0.152. The average molecular weight is 360 g/mol. The van der Waals surface area contributed by atoms with Crippen LogP contribution in [0.1, 0.15) is 29.8 Å². The zero-order valence-electron chi connectivity index (χ0n) is 15.9. The van der Waals surface area contributed by atoms with E-state index in [0.717, 1.165) is 40.5 Å². The van der Waals surface area contributed by atoms with Crippen LogP contribution in [0.2, 0.25) is 0 Å². The first kappa shape index (κ1) is 18.7. The number of hydrogen-bond acceptors (Lipinski definition) is 5. The number of pyridine rings is 1. The largest absolute Gasteiger partial charge is 0.496 e. The Kier molecular flexibility index (Phi) is 6.28. The topological polar surface area (TPSA) is 59.9 Å². The maximum Gasteiger partial charge on any atom is 0.159 e. The van der Waals surface area contributed by atoms with Gasteiger partial charge >= 0.3 is 0 Å². The van der Waals surface area contributed by atoms with Crippen molar-refractivity contribution >= 4 is 6.08 Å². The molecule has 2 aromatic heterocycles. The minimum atomic E-state index is 0.152. The van der Waals surface area contributed by atoms with Crippen molar-refractivity contribution in [2.45, 2.75) is 19.9 Å². The van der Waals surface area contributed by atoms with Crippen LogP contribution in [-0.2, 0) is 0 Å². The summed E-state index contributed by atoms with van der Waals surface area (Å²) in [4.78, 5) is 13.2. The molecular formula is C22H24N4O. The summed E-state index contributed by atoms with van der Waals surface area (Å²) in [6, 6.07) is 11.9. The smallest absolute Gasteiger partial charge is 0.159 e. The van der Waals surface area contributed by atoms with Crippen molar-refractivity contribution in [3.63, 3.8) is 0 Å². The highest BCUT2D eigenvalue weighted by Crippen LogP contribution is 2.20. The molecule has 1 unspecified atom stereocenters. The summed E-state index contributed by atoms with van der Waals surface area (Å²) in [7, 11) is 1.69. The number of ether oxygens (including phenoxy) is 1. The van der Waals surface area contributed by atoms with Crippen LogP contribution in [0.25, 0.3) is 17.5 Å². The molecule has 0 saturated heterocycles. The highest BCUT2D eigenvalue weighted by atomic mass is 16.5. The van der Waals surface area contributed by atoms with Gasteiger partial charge in [-0.2, -0.15) is 0 Å². The van der Waals surface area contributed by atoms with Gasteiger partial charge in [-0.25, -0.2) is 9.97 Å². The molecule has 0 spiro atoms. The van der Waals surface area contributed by atoms with E-state index in [1.807, 2.05) is 49.5 Å². The molecule has 5 heteroatoms. The van der Waals surface area contributed by atoms with Crippen LogP contribution in [-0.4, -0.2) is 28.6 Å². The van der Waals surface area contributed by atoms with Crippen LogP contribution in [0.15, 0.2) is 61.1 Å². The normalized spacial score (nSPS) is 12.3. The Morgan fingerprint density at radius 1 is 1.15 bits per heavy atom. The maximum absolute atomic E-state index is 5.36. The van der Waals surface area contributed by atoms with Gasteiger partial charge in [0.05, 0.1) is 7.11 Å². The number of nitrogens with zero attached hydrogens (tertiary/aromatic N) is 3. The number of nitrogens with one attached hydrogen (secondary N) is 1. The molecule has 1 N–H and O–H groups in total. The van der Waals surface area contributed by atoms with E-state index in [2.05, 4.69) is 39.3 Å². The van der Waals surface area contributed by atoms with Gasteiger partial charge in [-0.1, -0.05) is 30.4 Å². The Labute approximate surface area is 160 Å². The number of aryl methyl sites for hydroxylation is 1. The van der Waals surface area contributed by atoms with E-state index in [4.69, 9.17) is 4.74 Å². The lowest BCUT2D eigenvalue weighted by atomic mass is 10.1. The third-order valence-electron chi connectivity index (χ3n) is 4.40. The van der Waals surface area contributed by atoms with Gasteiger partial charge in [0, 0.05) is 53.6 Å². The average Bonchev–Trinajstić information content (AvgIpc) is 2.72. The molecule has 1 aromatic carbocycles. The molecule has 0 bridgehead atoms. The number of aromatic nitrogens is 3. The molecule has 0 saturated carbocycles. The highest BCUT2D eigenvalue weighted by Gasteiger charge is 2.11. The first-order valence-electron chi connectivity index (χ1n) is 8.96. The second-order valence-electron chi connectivity index (χ2n) is 6.24. The zero-order chi connectivity index (χ0) is 19.1. The molecule has 138 valence electrons. The quantitative estimate of drug-likeness (QED) is 0.683. The van der Waals surface area contributed by atoms with E-state index in [0.29, 0.717) is 0 Å². The third kappa shape index (κ3) is 4.77. The maximum atomic E-state index is 5.36. The van der Waals surface area contributed by atoms with Crippen molar-refractivity contribution in [1.82, 2.24) is 20.3 Å². The van der Waals surface area contributed by atoms with Gasteiger partial charge in [0.25, 0.3) is 0 Å². The fourth-order valence-electron chi connectivity index (χ4n) is 2.89. The lowest BCUT2D eigenvalue weighted by molar-refractivity contribution is 0.414. The number of benzene rings is 1. The SMILES string of the molecule is COc1ccccc1/C=C/CNC(C)c1cnc(-c2ccncc2)nc1C. The number of rotatable bonds is 7. The molecule has 0 amide bonds. The van der Waals surface area contributed by atoms with Crippen molar-refractivity contribution in [3.05, 3.63) is 77.9 Å². The van der Waals surface area contributed by atoms with Gasteiger partial charge in [-0.3, -0.25) is 4.98 Å². The number of hydrogen-bond donors (Lipinski definition) is 1. The lowest BCUT2D eigenvalue weighted by Crippen LogP contribution is -2.20. The van der Waals surface area contributed by atoms with Gasteiger partial charge in [-0.05, 0) is 32.0 Å². The molecule has 0 aliphatic rings. The highest BCUT2D eigenvalue weighted by molar-refractivity contribution is 5.57. The van der Waals surface area contributed by atoms with E-state index >= 15 is 0 Å². The lowest BCUT2D eigenvalue weighted by Gasteiger charge is -2.15. The molecule has 2 heterocycles.